The predicted molar refractivity (Wildman–Crippen MR) is 183 cm³/mol. The van der Waals surface area contributed by atoms with E-state index in [1.165, 1.54) is 49.5 Å². The maximum absolute atomic E-state index is 13.9. The normalized spacial score (nSPS) is 14.6. The van der Waals surface area contributed by atoms with Crippen molar-refractivity contribution in [1.82, 2.24) is 19.4 Å². The van der Waals surface area contributed by atoms with Gasteiger partial charge >= 0.3 is 0 Å². The van der Waals surface area contributed by atoms with Crippen LogP contribution in [0.3, 0.4) is 0 Å². The van der Waals surface area contributed by atoms with Crippen molar-refractivity contribution >= 4 is 39.3 Å². The summed E-state index contributed by atoms with van der Waals surface area (Å²) in [6, 6.07) is 20.9. The zero-order valence-electron chi connectivity index (χ0n) is 26.8. The zero-order chi connectivity index (χ0) is 30.2. The molecule has 1 amide bonds. The van der Waals surface area contributed by atoms with Gasteiger partial charge in [-0.15, -0.1) is 0 Å². The Hall–Kier alpha value is -3.38. The van der Waals surface area contributed by atoms with Crippen molar-refractivity contribution in [1.29, 1.82) is 0 Å². The molecule has 0 saturated carbocycles. The smallest absolute Gasteiger partial charge is 0.253 e. The number of amides is 1. The SMILES string of the molecule is CC(C)CCN(CCC(C)C)C(=O)c1ccc2nc(Nc3cccc4ccccc34)n(CCCN3CCCCCC3)c2c1.[HH]. The lowest BCUT2D eigenvalue weighted by Gasteiger charge is -2.25. The largest absolute Gasteiger partial charge is 0.339 e. The number of nitrogens with one attached hydrogen (secondary N) is 1. The molecule has 0 atom stereocenters. The summed E-state index contributed by atoms with van der Waals surface area (Å²) in [5, 5.41) is 6.06. The van der Waals surface area contributed by atoms with Crippen molar-refractivity contribution in [2.75, 3.05) is 38.0 Å². The third kappa shape index (κ3) is 8.17. The number of benzene rings is 3. The molecule has 43 heavy (non-hydrogen) atoms. The molecule has 5 rings (SSSR count). The number of aryl methyl sites for hydroxylation is 1. The highest BCUT2D eigenvalue weighted by Gasteiger charge is 2.20. The first-order valence-electron chi connectivity index (χ1n) is 16.7. The second-order valence-electron chi connectivity index (χ2n) is 13.2. The molecular formula is C37H53N5O. The van der Waals surface area contributed by atoms with E-state index in [1.54, 1.807) is 0 Å². The third-order valence-electron chi connectivity index (χ3n) is 8.83. The van der Waals surface area contributed by atoms with Crippen molar-refractivity contribution in [3.8, 4) is 0 Å². The molecule has 1 fully saturated rings. The number of carbonyl (C=O) groups is 1. The highest BCUT2D eigenvalue weighted by molar-refractivity contribution is 5.98. The minimum absolute atomic E-state index is 0. The highest BCUT2D eigenvalue weighted by Crippen LogP contribution is 2.29. The molecule has 1 aliphatic heterocycles. The number of rotatable bonds is 13. The molecule has 1 N–H and O–H groups in total. The molecule has 232 valence electrons. The highest BCUT2D eigenvalue weighted by atomic mass is 16.2. The van der Waals surface area contributed by atoms with E-state index >= 15 is 0 Å². The van der Waals surface area contributed by atoms with Crippen molar-refractivity contribution < 1.29 is 6.22 Å². The molecule has 6 heteroatoms. The Kier molecular flexibility index (Phi) is 10.7. The van der Waals surface area contributed by atoms with Crippen molar-refractivity contribution in [2.24, 2.45) is 11.8 Å². The van der Waals surface area contributed by atoms with Crippen LogP contribution in [0.2, 0.25) is 0 Å². The lowest BCUT2D eigenvalue weighted by atomic mass is 10.1. The fourth-order valence-electron chi connectivity index (χ4n) is 6.17. The van der Waals surface area contributed by atoms with Crippen LogP contribution < -0.4 is 5.32 Å². The molecule has 0 aliphatic carbocycles. The van der Waals surface area contributed by atoms with Gasteiger partial charge in [0.15, 0.2) is 0 Å². The molecule has 3 aromatic carbocycles. The van der Waals surface area contributed by atoms with E-state index in [-0.39, 0.29) is 7.33 Å². The molecule has 2 heterocycles. The number of aromatic nitrogens is 2. The topological polar surface area (TPSA) is 53.4 Å². The second-order valence-corrected chi connectivity index (χ2v) is 13.2. The Morgan fingerprint density at radius 3 is 2.30 bits per heavy atom. The lowest BCUT2D eigenvalue weighted by Crippen LogP contribution is -2.34. The first-order valence-corrected chi connectivity index (χ1v) is 16.7. The van der Waals surface area contributed by atoms with Gasteiger partial charge in [-0.05, 0) is 93.2 Å². The van der Waals surface area contributed by atoms with Crippen LogP contribution in [0.5, 0.6) is 0 Å². The third-order valence-corrected chi connectivity index (χ3v) is 8.83. The molecule has 0 unspecified atom stereocenters. The van der Waals surface area contributed by atoms with Crippen LogP contribution in [0.4, 0.5) is 11.6 Å². The molecule has 1 aromatic heterocycles. The van der Waals surface area contributed by atoms with E-state index in [4.69, 9.17) is 4.98 Å². The van der Waals surface area contributed by atoms with Gasteiger partial charge in [-0.25, -0.2) is 4.98 Å². The summed E-state index contributed by atoms with van der Waals surface area (Å²) in [5.74, 6) is 2.09. The molecule has 0 radical (unpaired) electrons. The minimum atomic E-state index is 0. The van der Waals surface area contributed by atoms with Crippen LogP contribution in [0.15, 0.2) is 60.7 Å². The van der Waals surface area contributed by atoms with Crippen LogP contribution in [0, 0.1) is 11.8 Å². The fourth-order valence-corrected chi connectivity index (χ4v) is 6.17. The number of hydrogen-bond donors (Lipinski definition) is 1. The van der Waals surface area contributed by atoms with Crippen molar-refractivity contribution in [3.63, 3.8) is 0 Å². The van der Waals surface area contributed by atoms with Gasteiger partial charge in [0.05, 0.1) is 11.0 Å². The number of fused-ring (bicyclic) bond motifs is 2. The summed E-state index contributed by atoms with van der Waals surface area (Å²) in [4.78, 5) is 23.7. The summed E-state index contributed by atoms with van der Waals surface area (Å²) in [6.45, 7) is 14.8. The van der Waals surface area contributed by atoms with Crippen LogP contribution >= 0.6 is 0 Å². The van der Waals surface area contributed by atoms with Gasteiger partial charge in [-0.1, -0.05) is 76.9 Å². The van der Waals surface area contributed by atoms with Crippen molar-refractivity contribution in [2.45, 2.75) is 79.2 Å². The van der Waals surface area contributed by atoms with Gasteiger partial charge in [0, 0.05) is 37.7 Å². The van der Waals surface area contributed by atoms with Gasteiger partial charge in [0.1, 0.15) is 0 Å². The molecular weight excluding hydrogens is 530 g/mol. The van der Waals surface area contributed by atoms with Crippen LogP contribution in [0.1, 0.15) is 84.4 Å². The maximum atomic E-state index is 13.9. The standard InChI is InChI=1S/C37H51N5O.H2/c1-28(2)19-25-41(26-20-29(3)4)36(43)31-17-18-34-35(27-31)42(24-12-23-40-21-9-5-6-10-22-40)37(39-34)38-33-16-11-14-30-13-7-8-15-32(30)33;/h7-8,11,13-18,27-29H,5-6,9-10,12,19-26H2,1-4H3,(H,38,39);1H. The van der Waals surface area contributed by atoms with E-state index < -0.39 is 0 Å². The monoisotopic (exact) mass is 583 g/mol. The Balaban J connectivity index is 0.00000442. The predicted octanol–water partition coefficient (Wildman–Crippen LogP) is 8.98. The van der Waals surface area contributed by atoms with E-state index in [0.717, 1.165) is 73.7 Å². The first kappa shape index (κ1) is 31.1. The Bertz CT molecular complexity index is 1470. The van der Waals surface area contributed by atoms with E-state index in [9.17, 15) is 4.79 Å². The Labute approximate surface area is 259 Å². The number of carbonyl (C=O) groups excluding carboxylic acids is 1. The molecule has 1 saturated heterocycles. The molecule has 1 aliphatic rings. The number of anilines is 2. The number of likely N-dealkylation sites (tertiary alicyclic amines) is 1. The van der Waals surface area contributed by atoms with Gasteiger partial charge in [-0.3, -0.25) is 4.79 Å². The average molecular weight is 584 g/mol. The summed E-state index contributed by atoms with van der Waals surface area (Å²) in [7, 11) is 0. The lowest BCUT2D eigenvalue weighted by molar-refractivity contribution is 0.0741. The van der Waals surface area contributed by atoms with E-state index in [2.05, 4.69) is 95.9 Å². The molecule has 0 bridgehead atoms. The van der Waals surface area contributed by atoms with Gasteiger partial charge in [0.25, 0.3) is 5.91 Å². The van der Waals surface area contributed by atoms with Crippen LogP contribution in [0.25, 0.3) is 21.8 Å². The zero-order valence-corrected chi connectivity index (χ0v) is 26.8. The van der Waals surface area contributed by atoms with Crippen LogP contribution in [-0.4, -0.2) is 58.0 Å². The van der Waals surface area contributed by atoms with Gasteiger partial charge < -0.3 is 19.7 Å². The maximum Gasteiger partial charge on any atom is 0.253 e. The van der Waals surface area contributed by atoms with Crippen LogP contribution in [-0.2, 0) is 6.54 Å². The van der Waals surface area contributed by atoms with Gasteiger partial charge in [-0.2, -0.15) is 0 Å². The Morgan fingerprint density at radius 2 is 1.58 bits per heavy atom. The summed E-state index contributed by atoms with van der Waals surface area (Å²) < 4.78 is 2.30. The van der Waals surface area contributed by atoms with Gasteiger partial charge in [0.2, 0.25) is 5.95 Å². The molecule has 6 nitrogen and oxygen atoms in total. The summed E-state index contributed by atoms with van der Waals surface area (Å²) >= 11 is 0. The van der Waals surface area contributed by atoms with E-state index in [1.807, 2.05) is 12.1 Å². The average Bonchev–Trinajstić information content (AvgIpc) is 3.14. The summed E-state index contributed by atoms with van der Waals surface area (Å²) in [6.07, 6.45) is 8.38. The number of hydrogen-bond acceptors (Lipinski definition) is 4. The second kappa shape index (κ2) is 14.9. The summed E-state index contributed by atoms with van der Waals surface area (Å²) in [5.41, 5.74) is 3.75. The quantitative estimate of drug-likeness (QED) is 0.171. The van der Waals surface area contributed by atoms with E-state index in [0.29, 0.717) is 11.8 Å². The number of nitrogens with zero attached hydrogens (tertiary/aromatic N) is 4. The number of imidazole rings is 1. The Morgan fingerprint density at radius 1 is 0.884 bits per heavy atom. The molecule has 0 spiro atoms. The minimum Gasteiger partial charge on any atom is -0.339 e. The fraction of sp³-hybridized carbons (Fsp3) is 0.514. The first-order chi connectivity index (χ1) is 20.9. The van der Waals surface area contributed by atoms with Crippen molar-refractivity contribution in [3.05, 3.63) is 66.2 Å². The molecule has 4 aromatic rings.